The Balaban J connectivity index is 2.45. The molecule has 6 heteroatoms. The predicted molar refractivity (Wildman–Crippen MR) is 64.8 cm³/mol. The second-order valence-electron chi connectivity index (χ2n) is 3.70. The van der Waals surface area contributed by atoms with Crippen molar-refractivity contribution < 1.29 is 8.78 Å². The van der Waals surface area contributed by atoms with Gasteiger partial charge in [0.15, 0.2) is 0 Å². The number of hydrazine groups is 1. The second kappa shape index (κ2) is 5.39. The van der Waals surface area contributed by atoms with Crippen LogP contribution in [-0.4, -0.2) is 4.98 Å². The highest BCUT2D eigenvalue weighted by molar-refractivity contribution is 6.30. The minimum absolute atomic E-state index is 0.273. The number of nitrogens with zero attached hydrogens (tertiary/aromatic N) is 1. The number of hydrogen-bond donors (Lipinski definition) is 2. The number of halogens is 3. The van der Waals surface area contributed by atoms with Crippen LogP contribution in [0.1, 0.15) is 17.2 Å². The van der Waals surface area contributed by atoms with E-state index in [0.29, 0.717) is 5.56 Å². The van der Waals surface area contributed by atoms with E-state index in [9.17, 15) is 8.78 Å². The molecule has 0 aliphatic rings. The number of hydrogen-bond acceptors (Lipinski definition) is 3. The summed E-state index contributed by atoms with van der Waals surface area (Å²) in [4.78, 5) is 3.71. The standard InChI is InChI=1S/C12H10ClF2N3/c13-8-1-2-10(11(15)4-8)12(18-16)7-3-9(14)6-17-5-7/h1-6,12,18H,16H2. The molecule has 1 unspecified atom stereocenters. The maximum Gasteiger partial charge on any atom is 0.141 e. The lowest BCUT2D eigenvalue weighted by Crippen LogP contribution is -2.29. The molecule has 0 amide bonds. The molecule has 0 bridgehead atoms. The molecule has 2 aromatic rings. The first kappa shape index (κ1) is 12.9. The van der Waals surface area contributed by atoms with E-state index in [2.05, 4.69) is 10.4 Å². The van der Waals surface area contributed by atoms with Crippen molar-refractivity contribution >= 4 is 11.6 Å². The summed E-state index contributed by atoms with van der Waals surface area (Å²) in [6, 6.07) is 4.76. The van der Waals surface area contributed by atoms with Crippen LogP contribution in [0.4, 0.5) is 8.78 Å². The van der Waals surface area contributed by atoms with Crippen molar-refractivity contribution in [2.24, 2.45) is 5.84 Å². The van der Waals surface area contributed by atoms with E-state index in [1.807, 2.05) is 0 Å². The van der Waals surface area contributed by atoms with E-state index >= 15 is 0 Å². The van der Waals surface area contributed by atoms with Gasteiger partial charge < -0.3 is 0 Å². The number of nitrogens with two attached hydrogens (primary N) is 1. The molecule has 0 saturated carbocycles. The molecule has 2 rings (SSSR count). The molecule has 0 spiro atoms. The van der Waals surface area contributed by atoms with Crippen molar-refractivity contribution in [3.05, 3.63) is 64.4 Å². The fourth-order valence-electron chi connectivity index (χ4n) is 1.69. The topological polar surface area (TPSA) is 50.9 Å². The number of benzene rings is 1. The molecule has 3 N–H and O–H groups in total. The number of nitrogens with one attached hydrogen (secondary N) is 1. The quantitative estimate of drug-likeness (QED) is 0.665. The second-order valence-corrected chi connectivity index (χ2v) is 4.14. The fraction of sp³-hybridized carbons (Fsp3) is 0.0833. The maximum atomic E-state index is 13.8. The number of rotatable bonds is 3. The maximum absolute atomic E-state index is 13.8. The van der Waals surface area contributed by atoms with Crippen molar-refractivity contribution in [3.8, 4) is 0 Å². The van der Waals surface area contributed by atoms with Gasteiger partial charge in [0.25, 0.3) is 0 Å². The lowest BCUT2D eigenvalue weighted by molar-refractivity contribution is 0.553. The zero-order valence-electron chi connectivity index (χ0n) is 9.20. The van der Waals surface area contributed by atoms with E-state index in [1.54, 1.807) is 0 Å². The molecule has 0 saturated heterocycles. The Labute approximate surface area is 108 Å². The molecule has 0 radical (unpaired) electrons. The monoisotopic (exact) mass is 269 g/mol. The average Bonchev–Trinajstić information content (AvgIpc) is 2.33. The summed E-state index contributed by atoms with van der Waals surface area (Å²) >= 11 is 5.67. The van der Waals surface area contributed by atoms with Crippen LogP contribution in [0.25, 0.3) is 0 Å². The first-order chi connectivity index (χ1) is 8.61. The highest BCUT2D eigenvalue weighted by Gasteiger charge is 2.17. The van der Waals surface area contributed by atoms with Gasteiger partial charge in [-0.05, 0) is 23.8 Å². The largest absolute Gasteiger partial charge is 0.271 e. The molecule has 1 atom stereocenters. The van der Waals surface area contributed by atoms with Gasteiger partial charge in [0, 0.05) is 16.8 Å². The Morgan fingerprint density at radius 3 is 2.61 bits per heavy atom. The molecule has 1 aromatic carbocycles. The van der Waals surface area contributed by atoms with Crippen molar-refractivity contribution in [1.29, 1.82) is 0 Å². The normalized spacial score (nSPS) is 12.4. The lowest BCUT2D eigenvalue weighted by atomic mass is 10.0. The zero-order chi connectivity index (χ0) is 13.1. The van der Waals surface area contributed by atoms with Gasteiger partial charge in [0.05, 0.1) is 12.2 Å². The summed E-state index contributed by atoms with van der Waals surface area (Å²) < 4.78 is 26.9. The molecular weight excluding hydrogens is 260 g/mol. The zero-order valence-corrected chi connectivity index (χ0v) is 9.96. The van der Waals surface area contributed by atoms with Crippen LogP contribution in [0.2, 0.25) is 5.02 Å². The van der Waals surface area contributed by atoms with E-state index in [0.717, 1.165) is 6.20 Å². The van der Waals surface area contributed by atoms with Gasteiger partial charge in [-0.15, -0.1) is 0 Å². The minimum Gasteiger partial charge on any atom is -0.271 e. The smallest absolute Gasteiger partial charge is 0.141 e. The SMILES string of the molecule is NNC(c1cncc(F)c1)c1ccc(Cl)cc1F. The Bertz CT molecular complexity index is 563. The lowest BCUT2D eigenvalue weighted by Gasteiger charge is -2.17. The van der Waals surface area contributed by atoms with Crippen LogP contribution in [-0.2, 0) is 0 Å². The molecule has 0 aliphatic heterocycles. The molecule has 18 heavy (non-hydrogen) atoms. The third-order valence-electron chi connectivity index (χ3n) is 2.50. The van der Waals surface area contributed by atoms with E-state index in [1.165, 1.54) is 30.5 Å². The van der Waals surface area contributed by atoms with Gasteiger partial charge in [-0.1, -0.05) is 17.7 Å². The Kier molecular flexibility index (Phi) is 3.86. The van der Waals surface area contributed by atoms with Gasteiger partial charge >= 0.3 is 0 Å². The van der Waals surface area contributed by atoms with Gasteiger partial charge in [-0.2, -0.15) is 0 Å². The predicted octanol–water partition coefficient (Wildman–Crippen LogP) is 2.57. The summed E-state index contributed by atoms with van der Waals surface area (Å²) in [7, 11) is 0. The van der Waals surface area contributed by atoms with Gasteiger partial charge in [-0.3, -0.25) is 10.8 Å². The minimum atomic E-state index is -0.689. The van der Waals surface area contributed by atoms with Crippen LogP contribution >= 0.6 is 11.6 Å². The van der Waals surface area contributed by atoms with E-state index in [4.69, 9.17) is 17.4 Å². The Morgan fingerprint density at radius 1 is 1.22 bits per heavy atom. The first-order valence-electron chi connectivity index (χ1n) is 5.13. The number of aromatic nitrogens is 1. The van der Waals surface area contributed by atoms with Crippen LogP contribution < -0.4 is 11.3 Å². The van der Waals surface area contributed by atoms with Crippen molar-refractivity contribution in [1.82, 2.24) is 10.4 Å². The average molecular weight is 270 g/mol. The van der Waals surface area contributed by atoms with Crippen molar-refractivity contribution in [3.63, 3.8) is 0 Å². The third kappa shape index (κ3) is 2.64. The van der Waals surface area contributed by atoms with Crippen LogP contribution in [0, 0.1) is 11.6 Å². The van der Waals surface area contributed by atoms with E-state index < -0.39 is 17.7 Å². The van der Waals surface area contributed by atoms with E-state index in [-0.39, 0.29) is 10.6 Å². The summed E-state index contributed by atoms with van der Waals surface area (Å²) in [6.45, 7) is 0. The highest BCUT2D eigenvalue weighted by atomic mass is 35.5. The molecular formula is C12H10ClF2N3. The first-order valence-corrected chi connectivity index (χ1v) is 5.51. The Morgan fingerprint density at radius 2 is 2.00 bits per heavy atom. The molecule has 0 aliphatic carbocycles. The van der Waals surface area contributed by atoms with Crippen molar-refractivity contribution in [2.45, 2.75) is 6.04 Å². The summed E-state index contributed by atoms with van der Waals surface area (Å²) in [5, 5.41) is 0.282. The Hall–Kier alpha value is -1.56. The molecule has 1 heterocycles. The number of pyridine rings is 1. The molecule has 94 valence electrons. The molecule has 1 aromatic heterocycles. The third-order valence-corrected chi connectivity index (χ3v) is 2.73. The summed E-state index contributed by atoms with van der Waals surface area (Å²) in [5.74, 6) is 4.36. The van der Waals surface area contributed by atoms with Crippen LogP contribution in [0.15, 0.2) is 36.7 Å². The van der Waals surface area contributed by atoms with Crippen molar-refractivity contribution in [2.75, 3.05) is 0 Å². The van der Waals surface area contributed by atoms with Gasteiger partial charge in [0.2, 0.25) is 0 Å². The van der Waals surface area contributed by atoms with Crippen LogP contribution in [0.5, 0.6) is 0 Å². The summed E-state index contributed by atoms with van der Waals surface area (Å²) in [6.07, 6.45) is 2.48. The molecule has 3 nitrogen and oxygen atoms in total. The summed E-state index contributed by atoms with van der Waals surface area (Å²) in [5.41, 5.74) is 3.13. The fourth-order valence-corrected chi connectivity index (χ4v) is 1.85. The molecule has 0 fully saturated rings. The van der Waals surface area contributed by atoms with Gasteiger partial charge in [0.1, 0.15) is 11.6 Å². The van der Waals surface area contributed by atoms with Crippen LogP contribution in [0.3, 0.4) is 0 Å². The van der Waals surface area contributed by atoms with Gasteiger partial charge in [-0.25, -0.2) is 14.2 Å². The highest BCUT2D eigenvalue weighted by Crippen LogP contribution is 2.25.